The molecule has 2 fully saturated rings. The molecule has 3 aliphatic rings. The first kappa shape index (κ1) is 29.2. The minimum Gasteiger partial charge on any atom is -0.464 e. The molecule has 0 spiro atoms. The van der Waals surface area contributed by atoms with E-state index < -0.39 is 11.8 Å². The third-order valence-electron chi connectivity index (χ3n) is 9.25. The second kappa shape index (κ2) is 10.8. The predicted molar refractivity (Wildman–Crippen MR) is 180 cm³/mol. The third-order valence-corrected chi connectivity index (χ3v) is 10.4. The molecule has 0 bridgehead atoms. The molecule has 6 aromatic rings. The summed E-state index contributed by atoms with van der Waals surface area (Å²) in [4.78, 5) is 35.8. The number of nitrogens with zero attached hydrogens (tertiary/aromatic N) is 5. The highest BCUT2D eigenvalue weighted by molar-refractivity contribution is 7.11. The largest absolute Gasteiger partial charge is 0.464 e. The SMILES string of the molecule is CC(C)(C)OC(=O)N1CCCC1c1ncc(-c2ccc3c(c2)cc2n3C(c3cnc(C4CC4)s3)Oc3cc(-c4cnc[nH]4)cc(F)c3-2)[nH]1. The molecule has 2 N–H and O–H groups in total. The van der Waals surface area contributed by atoms with Crippen molar-refractivity contribution in [1.82, 2.24) is 34.4 Å². The van der Waals surface area contributed by atoms with E-state index in [0.29, 0.717) is 35.0 Å². The van der Waals surface area contributed by atoms with Gasteiger partial charge >= 0.3 is 6.09 Å². The van der Waals surface area contributed by atoms with Crippen LogP contribution in [0.15, 0.2) is 61.3 Å². The summed E-state index contributed by atoms with van der Waals surface area (Å²) in [6.07, 6.45) is 10.2. The van der Waals surface area contributed by atoms with Crippen molar-refractivity contribution in [1.29, 1.82) is 0 Å². The fourth-order valence-electron chi connectivity index (χ4n) is 6.88. The fourth-order valence-corrected chi connectivity index (χ4v) is 7.99. The number of carbonyl (C=O) groups excluding carboxylic acids is 1. The summed E-state index contributed by atoms with van der Waals surface area (Å²) < 4.78 is 30.5. The van der Waals surface area contributed by atoms with Crippen molar-refractivity contribution >= 4 is 28.3 Å². The summed E-state index contributed by atoms with van der Waals surface area (Å²) >= 11 is 1.67. The van der Waals surface area contributed by atoms with Gasteiger partial charge in [-0.25, -0.2) is 24.1 Å². The molecule has 1 saturated carbocycles. The monoisotopic (exact) mass is 663 g/mol. The number of H-pyrrole nitrogens is 2. The number of ether oxygens (including phenoxy) is 2. The first-order valence-corrected chi connectivity index (χ1v) is 17.2. The van der Waals surface area contributed by atoms with Crippen molar-refractivity contribution in [2.45, 2.75) is 70.2 Å². The number of benzene rings is 2. The lowest BCUT2D eigenvalue weighted by Crippen LogP contribution is -2.36. The topological polar surface area (TPSA) is 114 Å². The van der Waals surface area contributed by atoms with Gasteiger partial charge in [-0.3, -0.25) is 9.47 Å². The summed E-state index contributed by atoms with van der Waals surface area (Å²) in [5, 5.41) is 2.07. The van der Waals surface area contributed by atoms with Gasteiger partial charge < -0.3 is 19.4 Å². The molecule has 4 aromatic heterocycles. The van der Waals surface area contributed by atoms with Crippen LogP contribution < -0.4 is 4.74 Å². The molecule has 12 heteroatoms. The van der Waals surface area contributed by atoms with Crippen LogP contribution in [0.1, 0.15) is 80.4 Å². The summed E-state index contributed by atoms with van der Waals surface area (Å²) in [5.41, 5.74) is 4.68. The van der Waals surface area contributed by atoms with E-state index in [4.69, 9.17) is 19.4 Å². The van der Waals surface area contributed by atoms with Gasteiger partial charge in [-0.15, -0.1) is 11.3 Å². The Morgan fingerprint density at radius 3 is 2.71 bits per heavy atom. The standard InChI is InChI=1S/C36H34FN7O3S/c1-36(2,3)47-35(45)43-10-4-5-27(43)32-39-16-25(42-32)20-8-9-26-22(11-20)13-28-31-23(37)12-21(24-15-38-18-41-24)14-29(31)46-34(44(26)28)30-17-40-33(48-30)19-6-7-19/h8-9,11-19,27,34H,4-7,10H2,1-3H3,(H,38,41)(H,39,42). The van der Waals surface area contributed by atoms with Crippen LogP contribution in [0.25, 0.3) is 44.7 Å². The van der Waals surface area contributed by atoms with E-state index >= 15 is 4.39 Å². The molecule has 2 aromatic carbocycles. The summed E-state index contributed by atoms with van der Waals surface area (Å²) in [7, 11) is 0. The molecule has 9 rings (SSSR count). The van der Waals surface area contributed by atoms with Crippen LogP contribution >= 0.6 is 11.3 Å². The molecule has 10 nitrogen and oxygen atoms in total. The third kappa shape index (κ3) is 4.97. The van der Waals surface area contributed by atoms with Crippen LogP contribution in [0.3, 0.4) is 0 Å². The van der Waals surface area contributed by atoms with Crippen molar-refractivity contribution in [3.8, 4) is 39.5 Å². The summed E-state index contributed by atoms with van der Waals surface area (Å²) in [6, 6.07) is 11.4. The van der Waals surface area contributed by atoms with Gasteiger partial charge in [0, 0.05) is 35.2 Å². The van der Waals surface area contributed by atoms with E-state index in [2.05, 4.69) is 31.7 Å². The number of amides is 1. The summed E-state index contributed by atoms with van der Waals surface area (Å²) in [6.45, 7) is 6.25. The maximum Gasteiger partial charge on any atom is 0.410 e. The number of aromatic nitrogens is 6. The second-order valence-corrected chi connectivity index (χ2v) is 14.9. The van der Waals surface area contributed by atoms with Gasteiger partial charge in [0.15, 0.2) is 0 Å². The number of aromatic amines is 2. The molecule has 48 heavy (non-hydrogen) atoms. The lowest BCUT2D eigenvalue weighted by molar-refractivity contribution is 0.0218. The first-order valence-electron chi connectivity index (χ1n) is 16.3. The molecule has 1 saturated heterocycles. The van der Waals surface area contributed by atoms with Crippen LogP contribution in [0.5, 0.6) is 5.75 Å². The highest BCUT2D eigenvalue weighted by Crippen LogP contribution is 2.49. The zero-order valence-electron chi connectivity index (χ0n) is 26.8. The zero-order valence-corrected chi connectivity index (χ0v) is 27.6. The molecule has 0 radical (unpaired) electrons. The van der Waals surface area contributed by atoms with Gasteiger partial charge in [0.1, 0.15) is 23.0 Å². The Labute approximate surface area is 280 Å². The number of carbonyl (C=O) groups is 1. The van der Waals surface area contributed by atoms with Crippen LogP contribution in [-0.2, 0) is 4.74 Å². The van der Waals surface area contributed by atoms with Gasteiger partial charge in [0.05, 0.1) is 62.8 Å². The lowest BCUT2D eigenvalue weighted by Gasteiger charge is -2.29. The number of hydrogen-bond donors (Lipinski definition) is 2. The number of hydrogen-bond acceptors (Lipinski definition) is 7. The zero-order chi connectivity index (χ0) is 32.7. The molecular formula is C36H34FN7O3S. The van der Waals surface area contributed by atoms with Gasteiger partial charge in [0.2, 0.25) is 6.23 Å². The highest BCUT2D eigenvalue weighted by atomic mass is 32.1. The Kier molecular flexibility index (Phi) is 6.55. The van der Waals surface area contributed by atoms with Crippen molar-refractivity contribution in [3.05, 3.63) is 82.8 Å². The number of nitrogens with one attached hydrogen (secondary N) is 2. The molecule has 1 amide bonds. The van der Waals surface area contributed by atoms with E-state index in [0.717, 1.165) is 69.2 Å². The normalized spacial score (nSPS) is 19.0. The second-order valence-electron chi connectivity index (χ2n) is 13.8. The van der Waals surface area contributed by atoms with Gasteiger partial charge in [-0.05, 0) is 76.8 Å². The van der Waals surface area contributed by atoms with Gasteiger partial charge in [-0.2, -0.15) is 0 Å². The van der Waals surface area contributed by atoms with Crippen LogP contribution in [0.4, 0.5) is 9.18 Å². The number of fused-ring (bicyclic) bond motifs is 5. The van der Waals surface area contributed by atoms with Crippen molar-refractivity contribution < 1.29 is 18.7 Å². The number of halogens is 1. The Morgan fingerprint density at radius 1 is 1.04 bits per heavy atom. The lowest BCUT2D eigenvalue weighted by atomic mass is 10.0. The minimum atomic E-state index is -0.570. The average Bonchev–Trinajstić information content (AvgIpc) is 3.66. The molecule has 1 aliphatic carbocycles. The Balaban J connectivity index is 1.11. The van der Waals surface area contributed by atoms with E-state index in [1.165, 1.54) is 6.07 Å². The van der Waals surface area contributed by atoms with Crippen LogP contribution in [0.2, 0.25) is 0 Å². The van der Waals surface area contributed by atoms with Crippen molar-refractivity contribution in [2.75, 3.05) is 6.54 Å². The molecular weight excluding hydrogens is 630 g/mol. The quantitative estimate of drug-likeness (QED) is 0.191. The smallest absolute Gasteiger partial charge is 0.410 e. The number of thiazole rings is 1. The molecule has 2 atom stereocenters. The van der Waals surface area contributed by atoms with Crippen LogP contribution in [0, 0.1) is 5.82 Å². The Morgan fingerprint density at radius 2 is 1.92 bits per heavy atom. The molecule has 2 unspecified atom stereocenters. The van der Waals surface area contributed by atoms with E-state index in [-0.39, 0.29) is 18.0 Å². The predicted octanol–water partition coefficient (Wildman–Crippen LogP) is 8.57. The molecule has 2 aliphatic heterocycles. The fraction of sp³-hybridized carbons (Fsp3) is 0.333. The maximum atomic E-state index is 16.1. The average molecular weight is 664 g/mol. The maximum absolute atomic E-state index is 16.1. The van der Waals surface area contributed by atoms with Crippen molar-refractivity contribution in [2.24, 2.45) is 0 Å². The Hall–Kier alpha value is -4.97. The van der Waals surface area contributed by atoms with E-state index in [9.17, 15) is 4.79 Å². The van der Waals surface area contributed by atoms with Crippen LogP contribution in [-0.4, -0.2) is 52.6 Å². The van der Waals surface area contributed by atoms with Gasteiger partial charge in [-0.1, -0.05) is 6.07 Å². The van der Waals surface area contributed by atoms with E-state index in [1.54, 1.807) is 28.8 Å². The molecule has 6 heterocycles. The first-order chi connectivity index (χ1) is 23.2. The van der Waals surface area contributed by atoms with Crippen molar-refractivity contribution in [3.63, 3.8) is 0 Å². The number of likely N-dealkylation sites (tertiary alicyclic amines) is 1. The molecule has 244 valence electrons. The Bertz CT molecular complexity index is 2190. The van der Waals surface area contributed by atoms with Gasteiger partial charge in [0.25, 0.3) is 0 Å². The van der Waals surface area contributed by atoms with E-state index in [1.807, 2.05) is 51.4 Å². The number of imidazole rings is 2. The number of rotatable bonds is 5. The minimum absolute atomic E-state index is 0.178. The highest BCUT2D eigenvalue weighted by Gasteiger charge is 2.36. The summed E-state index contributed by atoms with van der Waals surface area (Å²) in [5.74, 6) is 1.36.